The van der Waals surface area contributed by atoms with Crippen LogP contribution in [-0.2, 0) is 0 Å². The molecule has 2 aliphatic carbocycles. The number of halogens is 2. The topological polar surface area (TPSA) is 59.3 Å². The molecule has 0 radical (unpaired) electrons. The molecule has 0 aromatic carbocycles. The van der Waals surface area contributed by atoms with Crippen LogP contribution in [0.1, 0.15) is 85.6 Å². The van der Waals surface area contributed by atoms with Gasteiger partial charge in [0.15, 0.2) is 11.3 Å². The first kappa shape index (κ1) is 16.4. The number of carbonyl (C=O) groups is 1. The molecule has 1 amide bonds. The number of nitrogens with zero attached hydrogens (tertiary/aromatic N) is 3. The van der Waals surface area contributed by atoms with E-state index in [0.717, 1.165) is 43.0 Å². The SMILES string of the molecule is O=C(NC1CCCCCC1)c1cc2nc(C3CC3)cc(C(F)F)n2n1. The second-order valence-electron chi connectivity index (χ2n) is 7.14. The molecule has 0 aliphatic heterocycles. The van der Waals surface area contributed by atoms with Crippen LogP contribution in [0.4, 0.5) is 8.78 Å². The van der Waals surface area contributed by atoms with Gasteiger partial charge in [-0.3, -0.25) is 4.79 Å². The average Bonchev–Trinajstić information content (AvgIpc) is 3.38. The fraction of sp³-hybridized carbons (Fsp3) is 0.611. The molecule has 7 heteroatoms. The summed E-state index contributed by atoms with van der Waals surface area (Å²) in [5, 5.41) is 7.11. The van der Waals surface area contributed by atoms with E-state index >= 15 is 0 Å². The quantitative estimate of drug-likeness (QED) is 0.850. The minimum Gasteiger partial charge on any atom is -0.348 e. The fourth-order valence-corrected chi connectivity index (χ4v) is 3.56. The Labute approximate surface area is 144 Å². The third kappa shape index (κ3) is 3.50. The van der Waals surface area contributed by atoms with Crippen molar-refractivity contribution in [1.29, 1.82) is 0 Å². The average molecular weight is 348 g/mol. The Morgan fingerprint density at radius 2 is 1.84 bits per heavy atom. The second-order valence-corrected chi connectivity index (χ2v) is 7.14. The zero-order valence-corrected chi connectivity index (χ0v) is 14.0. The van der Waals surface area contributed by atoms with Gasteiger partial charge in [0.05, 0.1) is 0 Å². The van der Waals surface area contributed by atoms with Gasteiger partial charge in [0.1, 0.15) is 5.69 Å². The summed E-state index contributed by atoms with van der Waals surface area (Å²) in [6, 6.07) is 3.09. The lowest BCUT2D eigenvalue weighted by Crippen LogP contribution is -2.34. The van der Waals surface area contributed by atoms with Crippen molar-refractivity contribution >= 4 is 11.6 Å². The normalized spacial score (nSPS) is 19.3. The van der Waals surface area contributed by atoms with E-state index in [4.69, 9.17) is 0 Å². The van der Waals surface area contributed by atoms with E-state index in [0.29, 0.717) is 11.3 Å². The number of aromatic nitrogens is 3. The van der Waals surface area contributed by atoms with E-state index in [-0.39, 0.29) is 29.3 Å². The highest BCUT2D eigenvalue weighted by molar-refractivity contribution is 5.93. The van der Waals surface area contributed by atoms with Gasteiger partial charge in [-0.15, -0.1) is 0 Å². The number of rotatable bonds is 4. The van der Waals surface area contributed by atoms with E-state index in [1.807, 2.05) is 0 Å². The molecule has 134 valence electrons. The standard InChI is InChI=1S/C18H22F2N4O/c19-17(20)15-9-13(11-7-8-11)22-16-10-14(23-24(15)16)18(25)21-12-5-3-1-2-4-6-12/h9-12,17H,1-8H2,(H,21,25). The predicted octanol–water partition coefficient (Wildman–Crippen LogP) is 4.00. The number of hydrogen-bond acceptors (Lipinski definition) is 3. The molecule has 2 aliphatic rings. The molecule has 0 atom stereocenters. The number of amides is 1. The van der Waals surface area contributed by atoms with E-state index in [2.05, 4.69) is 15.4 Å². The smallest absolute Gasteiger partial charge is 0.280 e. The van der Waals surface area contributed by atoms with E-state index in [1.54, 1.807) is 0 Å². The van der Waals surface area contributed by atoms with Crippen LogP contribution < -0.4 is 5.32 Å². The third-order valence-electron chi connectivity index (χ3n) is 5.12. The van der Waals surface area contributed by atoms with Crippen molar-refractivity contribution in [3.63, 3.8) is 0 Å². The Bertz CT molecular complexity index is 777. The van der Waals surface area contributed by atoms with Crippen molar-refractivity contribution in [3.05, 3.63) is 29.2 Å². The molecule has 4 rings (SSSR count). The summed E-state index contributed by atoms with van der Waals surface area (Å²) in [5.41, 5.74) is 0.969. The summed E-state index contributed by atoms with van der Waals surface area (Å²) in [5.74, 6) is -0.0359. The Kier molecular flexibility index (Phi) is 4.39. The van der Waals surface area contributed by atoms with Crippen molar-refractivity contribution in [2.75, 3.05) is 0 Å². The number of hydrogen-bond donors (Lipinski definition) is 1. The maximum absolute atomic E-state index is 13.4. The van der Waals surface area contributed by atoms with Crippen molar-refractivity contribution in [3.8, 4) is 0 Å². The van der Waals surface area contributed by atoms with Crippen LogP contribution in [0.2, 0.25) is 0 Å². The molecule has 2 saturated carbocycles. The minimum absolute atomic E-state index is 0.143. The van der Waals surface area contributed by atoms with Crippen LogP contribution in [0.25, 0.3) is 5.65 Å². The Morgan fingerprint density at radius 3 is 2.48 bits per heavy atom. The van der Waals surface area contributed by atoms with Crippen LogP contribution in [0.15, 0.2) is 12.1 Å². The van der Waals surface area contributed by atoms with Gasteiger partial charge in [-0.2, -0.15) is 5.10 Å². The summed E-state index contributed by atoms with van der Waals surface area (Å²) in [6.07, 6.45) is 5.86. The fourth-order valence-electron chi connectivity index (χ4n) is 3.56. The highest BCUT2D eigenvalue weighted by Gasteiger charge is 2.28. The van der Waals surface area contributed by atoms with Gasteiger partial charge in [-0.05, 0) is 31.7 Å². The predicted molar refractivity (Wildman–Crippen MR) is 88.9 cm³/mol. The highest BCUT2D eigenvalue weighted by atomic mass is 19.3. The van der Waals surface area contributed by atoms with Crippen molar-refractivity contribution < 1.29 is 13.6 Å². The van der Waals surface area contributed by atoms with Crippen LogP contribution in [0.5, 0.6) is 0 Å². The summed E-state index contributed by atoms with van der Waals surface area (Å²) < 4.78 is 27.9. The van der Waals surface area contributed by atoms with Crippen LogP contribution in [0.3, 0.4) is 0 Å². The lowest BCUT2D eigenvalue weighted by Gasteiger charge is -2.14. The Balaban J connectivity index is 1.61. The monoisotopic (exact) mass is 348 g/mol. The first-order chi connectivity index (χ1) is 12.1. The number of fused-ring (bicyclic) bond motifs is 1. The molecule has 0 unspecified atom stereocenters. The van der Waals surface area contributed by atoms with Crippen LogP contribution in [-0.4, -0.2) is 26.5 Å². The minimum atomic E-state index is -2.65. The van der Waals surface area contributed by atoms with Gasteiger partial charge in [-0.1, -0.05) is 25.7 Å². The largest absolute Gasteiger partial charge is 0.348 e. The zero-order valence-electron chi connectivity index (χ0n) is 14.0. The first-order valence-electron chi connectivity index (χ1n) is 9.11. The molecule has 25 heavy (non-hydrogen) atoms. The number of alkyl halides is 2. The molecular formula is C18H22F2N4O. The van der Waals surface area contributed by atoms with E-state index < -0.39 is 6.43 Å². The Morgan fingerprint density at radius 1 is 1.12 bits per heavy atom. The summed E-state index contributed by atoms with van der Waals surface area (Å²) >= 11 is 0. The molecule has 2 heterocycles. The van der Waals surface area contributed by atoms with Gasteiger partial charge in [-0.25, -0.2) is 18.3 Å². The van der Waals surface area contributed by atoms with Gasteiger partial charge in [0.25, 0.3) is 12.3 Å². The van der Waals surface area contributed by atoms with Crippen molar-refractivity contribution in [2.45, 2.75) is 69.8 Å². The zero-order chi connectivity index (χ0) is 17.4. The number of carbonyl (C=O) groups excluding carboxylic acids is 1. The first-order valence-corrected chi connectivity index (χ1v) is 9.11. The lowest BCUT2D eigenvalue weighted by atomic mass is 10.1. The van der Waals surface area contributed by atoms with E-state index in [1.165, 1.54) is 25.0 Å². The molecule has 1 N–H and O–H groups in total. The number of nitrogens with one attached hydrogen (secondary N) is 1. The molecule has 2 fully saturated rings. The molecule has 0 bridgehead atoms. The highest BCUT2D eigenvalue weighted by Crippen LogP contribution is 2.40. The van der Waals surface area contributed by atoms with Gasteiger partial charge >= 0.3 is 0 Å². The lowest BCUT2D eigenvalue weighted by molar-refractivity contribution is 0.0927. The summed E-state index contributed by atoms with van der Waals surface area (Å²) in [4.78, 5) is 16.9. The van der Waals surface area contributed by atoms with Crippen LogP contribution >= 0.6 is 0 Å². The Hall–Kier alpha value is -2.05. The molecule has 0 saturated heterocycles. The molecule has 2 aromatic rings. The maximum atomic E-state index is 13.4. The van der Waals surface area contributed by atoms with Gasteiger partial charge in [0.2, 0.25) is 0 Å². The van der Waals surface area contributed by atoms with E-state index in [9.17, 15) is 13.6 Å². The third-order valence-corrected chi connectivity index (χ3v) is 5.12. The second kappa shape index (κ2) is 6.69. The summed E-state index contributed by atoms with van der Waals surface area (Å²) in [7, 11) is 0. The summed E-state index contributed by atoms with van der Waals surface area (Å²) in [6.45, 7) is 0. The van der Waals surface area contributed by atoms with Crippen molar-refractivity contribution in [1.82, 2.24) is 19.9 Å². The van der Waals surface area contributed by atoms with Crippen molar-refractivity contribution in [2.24, 2.45) is 0 Å². The molecule has 5 nitrogen and oxygen atoms in total. The van der Waals surface area contributed by atoms with Gasteiger partial charge < -0.3 is 5.32 Å². The van der Waals surface area contributed by atoms with Crippen LogP contribution in [0, 0.1) is 0 Å². The molecule has 0 spiro atoms. The van der Waals surface area contributed by atoms with Gasteiger partial charge in [0, 0.05) is 23.7 Å². The molecular weight excluding hydrogens is 326 g/mol. The maximum Gasteiger partial charge on any atom is 0.280 e. The molecule has 2 aromatic heterocycles.